The second-order valence-corrected chi connectivity index (χ2v) is 11.8. The molecule has 0 N–H and O–H groups in total. The van der Waals surface area contributed by atoms with Crippen LogP contribution in [0, 0.1) is 12.8 Å². The van der Waals surface area contributed by atoms with Crippen LogP contribution >= 0.6 is 0 Å². The molecule has 0 nitrogen and oxygen atoms in total. The largest absolute Gasteiger partial charge is 0.0916 e. The number of aryl methyl sites for hydroxylation is 1. The summed E-state index contributed by atoms with van der Waals surface area (Å²) in [6.07, 6.45) is 9.96. The molecule has 47 heavy (non-hydrogen) atoms. The van der Waals surface area contributed by atoms with Gasteiger partial charge >= 0.3 is 0 Å². The Bertz CT molecular complexity index is 2050. The molecular formula is C47H46. The first-order valence-electron chi connectivity index (χ1n) is 17.0. The van der Waals surface area contributed by atoms with Crippen LogP contribution in [0.4, 0.5) is 0 Å². The summed E-state index contributed by atoms with van der Waals surface area (Å²) in [6.45, 7) is 10.4. The first-order valence-corrected chi connectivity index (χ1v) is 17.0. The molecule has 234 valence electrons. The lowest BCUT2D eigenvalue weighted by Crippen LogP contribution is -1.88. The van der Waals surface area contributed by atoms with Gasteiger partial charge in [-0.1, -0.05) is 190 Å². The molecule has 0 saturated carbocycles. The predicted octanol–water partition coefficient (Wildman–Crippen LogP) is 14.1. The lowest BCUT2D eigenvalue weighted by atomic mass is 9.89. The first-order chi connectivity index (χ1) is 23.1. The standard InChI is InChI=1S/C38H32.C7H8.C2H6/c1-3-4-11-27(2)20-21-28-22-24-29(25-23-28)30-12-9-13-31(26-30)32-18-10-19-37-35-15-6-5-14-33(35)34-16-7-8-17-36(34)38(32)37;1-7-5-3-2-4-6-7;1-2/h3-10,12-27H,11H2,1-2H3;2-6H,1H3;1-2H3/b4-3+,21-20-;;. The molecule has 0 aromatic heterocycles. The van der Waals surface area contributed by atoms with Gasteiger partial charge in [-0.2, -0.15) is 0 Å². The number of fused-ring (bicyclic) bond motifs is 6. The molecule has 0 fully saturated rings. The van der Waals surface area contributed by atoms with E-state index in [1.807, 2.05) is 32.0 Å². The van der Waals surface area contributed by atoms with E-state index < -0.39 is 0 Å². The minimum absolute atomic E-state index is 0.538. The molecule has 0 radical (unpaired) electrons. The Morgan fingerprint density at radius 2 is 1.06 bits per heavy atom. The lowest BCUT2D eigenvalue weighted by molar-refractivity contribution is 0.747. The average Bonchev–Trinajstić information content (AvgIpc) is 3.14. The van der Waals surface area contributed by atoms with Crippen LogP contribution in [0.1, 0.15) is 45.2 Å². The van der Waals surface area contributed by atoms with E-state index in [1.54, 1.807) is 0 Å². The van der Waals surface area contributed by atoms with E-state index in [0.29, 0.717) is 5.92 Å². The van der Waals surface area contributed by atoms with E-state index in [4.69, 9.17) is 0 Å². The Labute approximate surface area is 281 Å². The van der Waals surface area contributed by atoms with Gasteiger partial charge in [0.15, 0.2) is 0 Å². The molecule has 0 aliphatic heterocycles. The van der Waals surface area contributed by atoms with E-state index in [9.17, 15) is 0 Å². The van der Waals surface area contributed by atoms with Crippen molar-refractivity contribution >= 4 is 38.4 Å². The SMILES string of the molecule is C/C=C/CC(C)/C=C\c1ccc(-c2cccc(-c3cccc4c5ccccc5c5ccccc5c34)c2)cc1.CC.Cc1ccccc1. The zero-order valence-electron chi connectivity index (χ0n) is 28.5. The zero-order valence-corrected chi connectivity index (χ0v) is 28.5. The Morgan fingerprint density at radius 3 is 1.66 bits per heavy atom. The van der Waals surface area contributed by atoms with Crippen molar-refractivity contribution in [3.05, 3.63) is 175 Å². The van der Waals surface area contributed by atoms with E-state index in [0.717, 1.165) is 6.42 Å². The number of benzene rings is 7. The highest BCUT2D eigenvalue weighted by Gasteiger charge is 2.13. The van der Waals surface area contributed by atoms with Crippen LogP contribution in [0.15, 0.2) is 164 Å². The number of rotatable bonds is 6. The summed E-state index contributed by atoms with van der Waals surface area (Å²) in [5.41, 5.74) is 7.56. The van der Waals surface area contributed by atoms with Gasteiger partial charge in [0.05, 0.1) is 0 Å². The smallest absolute Gasteiger partial charge is 0.00204 e. The van der Waals surface area contributed by atoms with E-state index in [1.165, 1.54) is 65.7 Å². The molecule has 0 aliphatic rings. The molecule has 0 spiro atoms. The first kappa shape index (κ1) is 33.2. The fourth-order valence-corrected chi connectivity index (χ4v) is 6.09. The Kier molecular flexibility index (Phi) is 11.6. The monoisotopic (exact) mass is 610 g/mol. The van der Waals surface area contributed by atoms with Crippen molar-refractivity contribution in [2.24, 2.45) is 5.92 Å². The third-order valence-corrected chi connectivity index (χ3v) is 8.49. The van der Waals surface area contributed by atoms with Crippen LogP contribution in [-0.2, 0) is 0 Å². The van der Waals surface area contributed by atoms with Crippen LogP contribution in [0.2, 0.25) is 0 Å². The highest BCUT2D eigenvalue weighted by atomic mass is 14.2. The normalized spacial score (nSPS) is 11.8. The van der Waals surface area contributed by atoms with Crippen molar-refractivity contribution in [2.45, 2.75) is 41.0 Å². The van der Waals surface area contributed by atoms with Gasteiger partial charge in [-0.25, -0.2) is 0 Å². The maximum atomic E-state index is 2.34. The highest BCUT2D eigenvalue weighted by molar-refractivity contribution is 6.28. The Balaban J connectivity index is 0.000000423. The molecule has 0 aliphatic carbocycles. The molecule has 0 heteroatoms. The van der Waals surface area contributed by atoms with Gasteiger partial charge in [0.1, 0.15) is 0 Å². The molecule has 0 bridgehead atoms. The summed E-state index contributed by atoms with van der Waals surface area (Å²) in [6, 6.07) is 52.5. The topological polar surface area (TPSA) is 0 Å². The van der Waals surface area contributed by atoms with Gasteiger partial charge in [0, 0.05) is 0 Å². The lowest BCUT2D eigenvalue weighted by Gasteiger charge is -2.15. The molecule has 0 amide bonds. The summed E-state index contributed by atoms with van der Waals surface area (Å²) in [5.74, 6) is 0.538. The molecule has 7 aromatic carbocycles. The molecule has 7 aromatic rings. The minimum atomic E-state index is 0.538. The van der Waals surface area contributed by atoms with Crippen LogP contribution in [0.3, 0.4) is 0 Å². The minimum Gasteiger partial charge on any atom is -0.0916 e. The van der Waals surface area contributed by atoms with Gasteiger partial charge in [-0.3, -0.25) is 0 Å². The molecule has 7 rings (SSSR count). The fourth-order valence-electron chi connectivity index (χ4n) is 6.09. The fraction of sp³-hybridized carbons (Fsp3) is 0.149. The zero-order chi connectivity index (χ0) is 33.0. The van der Waals surface area contributed by atoms with Gasteiger partial charge in [-0.05, 0) is 92.4 Å². The highest BCUT2D eigenvalue weighted by Crippen LogP contribution is 2.40. The van der Waals surface area contributed by atoms with Crippen LogP contribution in [0.5, 0.6) is 0 Å². The number of allylic oxidation sites excluding steroid dienone is 3. The van der Waals surface area contributed by atoms with Crippen molar-refractivity contribution in [2.75, 3.05) is 0 Å². The van der Waals surface area contributed by atoms with E-state index in [-0.39, 0.29) is 0 Å². The van der Waals surface area contributed by atoms with Crippen molar-refractivity contribution in [3.8, 4) is 22.3 Å². The Morgan fingerprint density at radius 1 is 0.532 bits per heavy atom. The molecule has 1 atom stereocenters. The van der Waals surface area contributed by atoms with Crippen molar-refractivity contribution in [1.82, 2.24) is 0 Å². The number of hydrogen-bond donors (Lipinski definition) is 0. The maximum absolute atomic E-state index is 2.34. The molecular weight excluding hydrogens is 565 g/mol. The summed E-state index contributed by atoms with van der Waals surface area (Å²) >= 11 is 0. The third kappa shape index (κ3) is 7.97. The second-order valence-electron chi connectivity index (χ2n) is 11.8. The summed E-state index contributed by atoms with van der Waals surface area (Å²) in [5, 5.41) is 7.87. The molecule has 0 saturated heterocycles. The van der Waals surface area contributed by atoms with Gasteiger partial charge in [0.2, 0.25) is 0 Å². The van der Waals surface area contributed by atoms with Crippen molar-refractivity contribution in [1.29, 1.82) is 0 Å². The molecule has 1 unspecified atom stereocenters. The molecule has 0 heterocycles. The Hall–Kier alpha value is -5.20. The van der Waals surface area contributed by atoms with Crippen molar-refractivity contribution in [3.63, 3.8) is 0 Å². The second kappa shape index (κ2) is 16.4. The van der Waals surface area contributed by atoms with E-state index in [2.05, 4.69) is 172 Å². The number of hydrogen-bond acceptors (Lipinski definition) is 0. The van der Waals surface area contributed by atoms with Gasteiger partial charge in [0.25, 0.3) is 0 Å². The third-order valence-electron chi connectivity index (χ3n) is 8.49. The van der Waals surface area contributed by atoms with Gasteiger partial charge in [-0.15, -0.1) is 0 Å². The maximum Gasteiger partial charge on any atom is -0.00204 e. The van der Waals surface area contributed by atoms with Crippen LogP contribution < -0.4 is 0 Å². The summed E-state index contributed by atoms with van der Waals surface area (Å²) < 4.78 is 0. The van der Waals surface area contributed by atoms with Gasteiger partial charge < -0.3 is 0 Å². The van der Waals surface area contributed by atoms with Crippen LogP contribution in [0.25, 0.3) is 60.6 Å². The average molecular weight is 611 g/mol. The quantitative estimate of drug-likeness (QED) is 0.130. The summed E-state index contributed by atoms with van der Waals surface area (Å²) in [4.78, 5) is 0. The van der Waals surface area contributed by atoms with Crippen molar-refractivity contribution < 1.29 is 0 Å². The summed E-state index contributed by atoms with van der Waals surface area (Å²) in [7, 11) is 0. The predicted molar refractivity (Wildman–Crippen MR) is 210 cm³/mol. The van der Waals surface area contributed by atoms with E-state index >= 15 is 0 Å². The van der Waals surface area contributed by atoms with Crippen LogP contribution in [-0.4, -0.2) is 0 Å².